The summed E-state index contributed by atoms with van der Waals surface area (Å²) in [6.45, 7) is 10.1. The minimum atomic E-state index is -0.439. The van der Waals surface area contributed by atoms with Gasteiger partial charge in [-0.1, -0.05) is 27.7 Å². The second-order valence-corrected chi connectivity index (χ2v) is 7.63. The Morgan fingerprint density at radius 3 is 2.34 bits per heavy atom. The monoisotopic (exact) mass is 397 g/mol. The summed E-state index contributed by atoms with van der Waals surface area (Å²) < 4.78 is 0. The number of nitro groups is 1. The van der Waals surface area contributed by atoms with Gasteiger partial charge in [0.25, 0.3) is 11.6 Å². The highest BCUT2D eigenvalue weighted by atomic mass is 16.6. The van der Waals surface area contributed by atoms with Crippen molar-refractivity contribution in [1.82, 2.24) is 10.4 Å². The number of rotatable bonds is 9. The first kappa shape index (κ1) is 22.0. The highest BCUT2D eigenvalue weighted by Crippen LogP contribution is 2.26. The van der Waals surface area contributed by atoms with Crippen molar-refractivity contribution in [2.24, 2.45) is 16.9 Å². The fourth-order valence-electron chi connectivity index (χ4n) is 2.93. The molecule has 0 aliphatic carbocycles. The van der Waals surface area contributed by atoms with Crippen molar-refractivity contribution in [2.45, 2.75) is 27.7 Å². The third-order valence-corrected chi connectivity index (χ3v) is 4.05. The largest absolute Gasteiger partial charge is 0.370 e. The van der Waals surface area contributed by atoms with Gasteiger partial charge in [0.2, 0.25) is 0 Å². The zero-order chi connectivity index (χ0) is 21.4. The number of hydrazone groups is 1. The number of hydrogen-bond acceptors (Lipinski definition) is 6. The second-order valence-electron chi connectivity index (χ2n) is 7.63. The van der Waals surface area contributed by atoms with E-state index in [1.807, 2.05) is 0 Å². The summed E-state index contributed by atoms with van der Waals surface area (Å²) in [5.74, 6) is 0.456. The Labute approximate surface area is 170 Å². The Balaban J connectivity index is 2.32. The number of non-ortho nitro benzene ring substituents is 1. The Hall–Kier alpha value is -3.29. The number of nitro benzene ring substituents is 1. The summed E-state index contributed by atoms with van der Waals surface area (Å²) in [5, 5.41) is 15.3. The lowest BCUT2D eigenvalue weighted by molar-refractivity contribution is -0.384. The molecule has 0 aliphatic rings. The predicted molar refractivity (Wildman–Crippen MR) is 114 cm³/mol. The number of nitrogens with one attached hydrogen (secondary N) is 1. The van der Waals surface area contributed by atoms with E-state index in [1.54, 1.807) is 18.2 Å². The third-order valence-electron chi connectivity index (χ3n) is 4.05. The van der Waals surface area contributed by atoms with Gasteiger partial charge >= 0.3 is 0 Å². The summed E-state index contributed by atoms with van der Waals surface area (Å²) in [4.78, 5) is 29.0. The Kier molecular flexibility index (Phi) is 7.82. The number of anilines is 1. The van der Waals surface area contributed by atoms with Crippen molar-refractivity contribution in [3.8, 4) is 0 Å². The van der Waals surface area contributed by atoms with Gasteiger partial charge in [-0.05, 0) is 30.0 Å². The molecule has 1 N–H and O–H groups in total. The van der Waals surface area contributed by atoms with Crippen LogP contribution in [0.15, 0.2) is 47.8 Å². The van der Waals surface area contributed by atoms with Crippen LogP contribution >= 0.6 is 0 Å². The number of carbonyl (C=O) groups is 1. The quantitative estimate of drug-likeness (QED) is 0.393. The molecule has 0 saturated carbocycles. The van der Waals surface area contributed by atoms with Crippen LogP contribution < -0.4 is 10.3 Å². The summed E-state index contributed by atoms with van der Waals surface area (Å²) in [5.41, 5.74) is 4.29. The number of benzene rings is 1. The number of carbonyl (C=O) groups excluding carboxylic acids is 1. The van der Waals surface area contributed by atoms with Gasteiger partial charge in [0.05, 0.1) is 11.1 Å². The predicted octanol–water partition coefficient (Wildman–Crippen LogP) is 3.87. The standard InChI is InChI=1S/C21H27N5O3/c1-15(2)13-25(14-16(3)4)20-6-5-19(26(28)29)11-18(20)12-23-24-21(27)17-7-9-22-10-8-17/h5-12,15-16H,13-14H2,1-4H3,(H,24,27)/b23-12+. The fourth-order valence-corrected chi connectivity index (χ4v) is 2.93. The molecule has 1 aromatic carbocycles. The molecule has 29 heavy (non-hydrogen) atoms. The molecule has 1 aromatic heterocycles. The number of pyridine rings is 1. The molecule has 0 saturated heterocycles. The third kappa shape index (κ3) is 6.67. The second kappa shape index (κ2) is 10.3. The smallest absolute Gasteiger partial charge is 0.271 e. The number of amides is 1. The van der Waals surface area contributed by atoms with E-state index in [9.17, 15) is 14.9 Å². The maximum absolute atomic E-state index is 12.1. The first-order valence-electron chi connectivity index (χ1n) is 9.54. The summed E-state index contributed by atoms with van der Waals surface area (Å²) in [6, 6.07) is 7.88. The van der Waals surface area contributed by atoms with Crippen LogP contribution in [0.1, 0.15) is 43.6 Å². The van der Waals surface area contributed by atoms with E-state index in [0.29, 0.717) is 23.0 Å². The number of aromatic nitrogens is 1. The maximum Gasteiger partial charge on any atom is 0.271 e. The minimum Gasteiger partial charge on any atom is -0.370 e. The molecule has 0 fully saturated rings. The van der Waals surface area contributed by atoms with Gasteiger partial charge in [-0.15, -0.1) is 0 Å². The van der Waals surface area contributed by atoms with Gasteiger partial charge in [0.1, 0.15) is 0 Å². The number of hydrogen-bond donors (Lipinski definition) is 1. The summed E-state index contributed by atoms with van der Waals surface area (Å²) in [6.07, 6.45) is 4.50. The molecule has 0 radical (unpaired) electrons. The van der Waals surface area contributed by atoms with Crippen molar-refractivity contribution < 1.29 is 9.72 Å². The summed E-state index contributed by atoms with van der Waals surface area (Å²) >= 11 is 0. The van der Waals surface area contributed by atoms with Crippen molar-refractivity contribution in [2.75, 3.05) is 18.0 Å². The van der Waals surface area contributed by atoms with Gasteiger partial charge in [-0.2, -0.15) is 5.10 Å². The van der Waals surface area contributed by atoms with Crippen molar-refractivity contribution in [3.05, 3.63) is 64.0 Å². The van der Waals surface area contributed by atoms with Crippen LogP contribution in [0.25, 0.3) is 0 Å². The van der Waals surface area contributed by atoms with Crippen LogP contribution in [0.2, 0.25) is 0 Å². The van der Waals surface area contributed by atoms with Crippen molar-refractivity contribution in [1.29, 1.82) is 0 Å². The zero-order valence-electron chi connectivity index (χ0n) is 17.2. The van der Waals surface area contributed by atoms with E-state index >= 15 is 0 Å². The van der Waals surface area contributed by atoms with E-state index < -0.39 is 4.92 Å². The average molecular weight is 397 g/mol. The first-order valence-corrected chi connectivity index (χ1v) is 9.54. The van der Waals surface area contributed by atoms with E-state index in [1.165, 1.54) is 30.7 Å². The van der Waals surface area contributed by atoms with E-state index in [-0.39, 0.29) is 11.6 Å². The van der Waals surface area contributed by atoms with Crippen LogP contribution in [0, 0.1) is 22.0 Å². The molecule has 2 rings (SSSR count). The molecule has 8 nitrogen and oxygen atoms in total. The molecule has 0 atom stereocenters. The zero-order valence-corrected chi connectivity index (χ0v) is 17.2. The van der Waals surface area contributed by atoms with Crippen LogP contribution in [0.4, 0.5) is 11.4 Å². The Bertz CT molecular complexity index is 856. The molecule has 154 valence electrons. The lowest BCUT2D eigenvalue weighted by Gasteiger charge is -2.29. The Morgan fingerprint density at radius 1 is 1.17 bits per heavy atom. The van der Waals surface area contributed by atoms with E-state index in [0.717, 1.165) is 18.8 Å². The SMILES string of the molecule is CC(C)CN(CC(C)C)c1ccc([N+](=O)[O-])cc1/C=N/NC(=O)c1ccncc1. The van der Waals surface area contributed by atoms with Crippen LogP contribution in [0.3, 0.4) is 0 Å². The molecule has 1 amide bonds. The average Bonchev–Trinajstić information content (AvgIpc) is 2.67. The molecule has 0 spiro atoms. The van der Waals surface area contributed by atoms with Crippen LogP contribution in [0.5, 0.6) is 0 Å². The van der Waals surface area contributed by atoms with E-state index in [4.69, 9.17) is 0 Å². The number of nitrogens with zero attached hydrogens (tertiary/aromatic N) is 4. The molecule has 1 heterocycles. The topological polar surface area (TPSA) is 101 Å². The van der Waals surface area contributed by atoms with Gasteiger partial charge in [0.15, 0.2) is 0 Å². The lowest BCUT2D eigenvalue weighted by atomic mass is 10.1. The van der Waals surface area contributed by atoms with Gasteiger partial charge in [-0.3, -0.25) is 19.9 Å². The van der Waals surface area contributed by atoms with Gasteiger partial charge in [-0.25, -0.2) is 5.43 Å². The normalized spacial score (nSPS) is 11.2. The van der Waals surface area contributed by atoms with E-state index in [2.05, 4.69) is 48.1 Å². The molecule has 2 aromatic rings. The molecular formula is C21H27N5O3. The minimum absolute atomic E-state index is 0.0234. The first-order chi connectivity index (χ1) is 13.8. The van der Waals surface area contributed by atoms with Crippen molar-refractivity contribution in [3.63, 3.8) is 0 Å². The molecule has 0 bridgehead atoms. The van der Waals surface area contributed by atoms with Crippen molar-refractivity contribution >= 4 is 23.5 Å². The highest BCUT2D eigenvalue weighted by Gasteiger charge is 2.17. The van der Waals surface area contributed by atoms with Crippen LogP contribution in [-0.4, -0.2) is 35.1 Å². The fraction of sp³-hybridized carbons (Fsp3) is 0.381. The molecule has 8 heteroatoms. The van der Waals surface area contributed by atoms with Gasteiger partial charge in [0, 0.05) is 54.4 Å². The molecule has 0 unspecified atom stereocenters. The Morgan fingerprint density at radius 2 is 1.79 bits per heavy atom. The molecule has 0 aliphatic heterocycles. The van der Waals surface area contributed by atoms with Crippen LogP contribution in [-0.2, 0) is 0 Å². The maximum atomic E-state index is 12.1. The summed E-state index contributed by atoms with van der Waals surface area (Å²) in [7, 11) is 0. The lowest BCUT2D eigenvalue weighted by Crippen LogP contribution is -2.32. The molecular weight excluding hydrogens is 370 g/mol. The highest BCUT2D eigenvalue weighted by molar-refractivity contribution is 5.95. The van der Waals surface area contributed by atoms with Gasteiger partial charge < -0.3 is 4.90 Å².